The third-order valence-corrected chi connectivity index (χ3v) is 2.80. The molecule has 3 N–H and O–H groups in total. The van der Waals surface area contributed by atoms with Gasteiger partial charge in [0.1, 0.15) is 0 Å². The summed E-state index contributed by atoms with van der Waals surface area (Å²) in [7, 11) is 0. The van der Waals surface area contributed by atoms with E-state index in [1.54, 1.807) is 17.0 Å². The van der Waals surface area contributed by atoms with E-state index in [0.717, 1.165) is 4.47 Å². The first kappa shape index (κ1) is 12.8. The number of carbonyl (C=O) groups excluding carboxylic acids is 1. The maximum Gasteiger partial charge on any atom is 0.321 e. The maximum atomic E-state index is 11.8. The highest BCUT2D eigenvalue weighted by Crippen LogP contribution is 2.23. The number of halogens is 1. The summed E-state index contributed by atoms with van der Waals surface area (Å²) in [4.78, 5) is 13.5. The van der Waals surface area contributed by atoms with Crippen LogP contribution in [-0.2, 0) is 0 Å². The minimum atomic E-state index is -0.126. The predicted octanol–water partition coefficient (Wildman–Crippen LogP) is 2.91. The number of amides is 2. The number of nitrogens with two attached hydrogens (primary N) is 1. The fraction of sp³-hybridized carbons (Fsp3) is 0.364. The molecule has 2 amide bonds. The zero-order valence-corrected chi connectivity index (χ0v) is 11.0. The van der Waals surface area contributed by atoms with E-state index < -0.39 is 0 Å². The molecule has 4 nitrogen and oxygen atoms in total. The molecule has 5 heteroatoms. The van der Waals surface area contributed by atoms with Crippen LogP contribution < -0.4 is 11.1 Å². The van der Waals surface area contributed by atoms with Crippen molar-refractivity contribution in [2.45, 2.75) is 13.8 Å². The van der Waals surface area contributed by atoms with Crippen molar-refractivity contribution in [2.24, 2.45) is 0 Å². The van der Waals surface area contributed by atoms with Crippen molar-refractivity contribution in [3.63, 3.8) is 0 Å². The Hall–Kier alpha value is -1.23. The summed E-state index contributed by atoms with van der Waals surface area (Å²) in [6.45, 7) is 5.24. The van der Waals surface area contributed by atoms with Crippen LogP contribution in [0.3, 0.4) is 0 Å². The molecular weight excluding hydrogens is 270 g/mol. The van der Waals surface area contributed by atoms with Crippen molar-refractivity contribution >= 4 is 33.3 Å². The average molecular weight is 286 g/mol. The molecule has 0 radical (unpaired) electrons. The van der Waals surface area contributed by atoms with Crippen LogP contribution in [0.5, 0.6) is 0 Å². The number of rotatable bonds is 3. The van der Waals surface area contributed by atoms with Gasteiger partial charge in [-0.3, -0.25) is 0 Å². The fourth-order valence-electron chi connectivity index (χ4n) is 1.35. The van der Waals surface area contributed by atoms with Crippen molar-refractivity contribution in [1.82, 2.24) is 4.90 Å². The topological polar surface area (TPSA) is 58.4 Å². The third-order valence-electron chi connectivity index (χ3n) is 2.31. The molecule has 0 spiro atoms. The van der Waals surface area contributed by atoms with Gasteiger partial charge in [-0.2, -0.15) is 0 Å². The van der Waals surface area contributed by atoms with Crippen LogP contribution >= 0.6 is 15.9 Å². The van der Waals surface area contributed by atoms with Gasteiger partial charge in [-0.1, -0.05) is 15.9 Å². The van der Waals surface area contributed by atoms with Crippen molar-refractivity contribution in [3.05, 3.63) is 22.7 Å². The molecule has 0 atom stereocenters. The minimum Gasteiger partial charge on any atom is -0.397 e. The van der Waals surface area contributed by atoms with Crippen LogP contribution in [0.2, 0.25) is 0 Å². The first-order valence-electron chi connectivity index (χ1n) is 5.19. The van der Waals surface area contributed by atoms with Crippen molar-refractivity contribution < 1.29 is 4.79 Å². The van der Waals surface area contributed by atoms with Gasteiger partial charge in [0, 0.05) is 17.6 Å². The second-order valence-corrected chi connectivity index (χ2v) is 4.25. The Morgan fingerprint density at radius 2 is 2.06 bits per heavy atom. The number of hydrogen-bond donors (Lipinski definition) is 2. The molecule has 0 aliphatic rings. The number of hydrogen-bond acceptors (Lipinski definition) is 2. The third kappa shape index (κ3) is 3.13. The number of anilines is 2. The average Bonchev–Trinajstić information content (AvgIpc) is 2.24. The molecule has 0 saturated heterocycles. The molecule has 0 bridgehead atoms. The highest BCUT2D eigenvalue weighted by molar-refractivity contribution is 9.10. The van der Waals surface area contributed by atoms with E-state index in [-0.39, 0.29) is 6.03 Å². The van der Waals surface area contributed by atoms with Crippen LogP contribution in [-0.4, -0.2) is 24.0 Å². The van der Waals surface area contributed by atoms with Gasteiger partial charge in [0.25, 0.3) is 0 Å². The minimum absolute atomic E-state index is 0.126. The Kier molecular flexibility index (Phi) is 4.61. The zero-order chi connectivity index (χ0) is 12.1. The quantitative estimate of drug-likeness (QED) is 0.839. The Labute approximate surface area is 104 Å². The van der Waals surface area contributed by atoms with E-state index in [9.17, 15) is 4.79 Å². The molecule has 0 heterocycles. The molecule has 16 heavy (non-hydrogen) atoms. The first-order valence-corrected chi connectivity index (χ1v) is 5.98. The van der Waals surface area contributed by atoms with Gasteiger partial charge in [0.15, 0.2) is 0 Å². The van der Waals surface area contributed by atoms with Crippen molar-refractivity contribution in [1.29, 1.82) is 0 Å². The molecule has 0 aliphatic heterocycles. The van der Waals surface area contributed by atoms with Crippen LogP contribution in [0.25, 0.3) is 0 Å². The summed E-state index contributed by atoms with van der Waals surface area (Å²) in [6, 6.07) is 5.26. The van der Waals surface area contributed by atoms with Crippen molar-refractivity contribution in [3.8, 4) is 0 Å². The van der Waals surface area contributed by atoms with E-state index in [1.807, 2.05) is 19.9 Å². The molecule has 0 unspecified atom stereocenters. The SMILES string of the molecule is CCN(CC)C(=O)Nc1ccc(Br)cc1N. The lowest BCUT2D eigenvalue weighted by Gasteiger charge is -2.19. The lowest BCUT2D eigenvalue weighted by molar-refractivity contribution is 0.217. The summed E-state index contributed by atoms with van der Waals surface area (Å²) >= 11 is 3.32. The van der Waals surface area contributed by atoms with E-state index in [1.165, 1.54) is 0 Å². The summed E-state index contributed by atoms with van der Waals surface area (Å²) in [6.07, 6.45) is 0. The highest BCUT2D eigenvalue weighted by atomic mass is 79.9. The molecule has 0 aliphatic carbocycles. The molecule has 0 fully saturated rings. The van der Waals surface area contributed by atoms with Gasteiger partial charge >= 0.3 is 6.03 Å². The smallest absolute Gasteiger partial charge is 0.321 e. The normalized spacial score (nSPS) is 9.94. The number of nitrogen functional groups attached to an aromatic ring is 1. The van der Waals surface area contributed by atoms with Crippen LogP contribution in [0, 0.1) is 0 Å². The van der Waals surface area contributed by atoms with Crippen LogP contribution in [0.4, 0.5) is 16.2 Å². The second kappa shape index (κ2) is 5.75. The maximum absolute atomic E-state index is 11.8. The Balaban J connectivity index is 2.76. The largest absolute Gasteiger partial charge is 0.397 e. The van der Waals surface area contributed by atoms with Gasteiger partial charge in [-0.25, -0.2) is 4.79 Å². The molecule has 1 rings (SSSR count). The lowest BCUT2D eigenvalue weighted by Crippen LogP contribution is -2.34. The standard InChI is InChI=1S/C11H16BrN3O/c1-3-15(4-2)11(16)14-10-6-5-8(12)7-9(10)13/h5-7H,3-4,13H2,1-2H3,(H,14,16). The molecule has 0 aromatic heterocycles. The van der Waals surface area contributed by atoms with Gasteiger partial charge in [0.2, 0.25) is 0 Å². The summed E-state index contributed by atoms with van der Waals surface area (Å²) in [5.74, 6) is 0. The number of urea groups is 1. The summed E-state index contributed by atoms with van der Waals surface area (Å²) in [5.41, 5.74) is 6.98. The molecular formula is C11H16BrN3O. The Morgan fingerprint density at radius 1 is 1.44 bits per heavy atom. The van der Waals surface area contributed by atoms with Gasteiger partial charge < -0.3 is 16.0 Å². The molecule has 1 aromatic rings. The van der Waals surface area contributed by atoms with Crippen LogP contribution in [0.1, 0.15) is 13.8 Å². The van der Waals surface area contributed by atoms with Gasteiger partial charge in [-0.05, 0) is 32.0 Å². The number of nitrogens with zero attached hydrogens (tertiary/aromatic N) is 1. The first-order chi connectivity index (χ1) is 7.58. The van der Waals surface area contributed by atoms with Crippen LogP contribution in [0.15, 0.2) is 22.7 Å². The summed E-state index contributed by atoms with van der Waals surface area (Å²) in [5, 5.41) is 2.78. The zero-order valence-electron chi connectivity index (χ0n) is 9.46. The predicted molar refractivity (Wildman–Crippen MR) is 70.5 cm³/mol. The second-order valence-electron chi connectivity index (χ2n) is 3.33. The van der Waals surface area contributed by atoms with E-state index in [2.05, 4.69) is 21.2 Å². The number of benzene rings is 1. The van der Waals surface area contributed by atoms with Gasteiger partial charge in [-0.15, -0.1) is 0 Å². The monoisotopic (exact) mass is 285 g/mol. The number of nitrogens with one attached hydrogen (secondary N) is 1. The van der Waals surface area contributed by atoms with Gasteiger partial charge in [0.05, 0.1) is 11.4 Å². The Bertz CT molecular complexity index is 377. The van der Waals surface area contributed by atoms with E-state index >= 15 is 0 Å². The molecule has 1 aromatic carbocycles. The molecule has 88 valence electrons. The fourth-order valence-corrected chi connectivity index (χ4v) is 1.73. The van der Waals surface area contributed by atoms with Crippen molar-refractivity contribution in [2.75, 3.05) is 24.1 Å². The highest BCUT2D eigenvalue weighted by Gasteiger charge is 2.10. The summed E-state index contributed by atoms with van der Waals surface area (Å²) < 4.78 is 0.894. The Morgan fingerprint density at radius 3 is 2.56 bits per heavy atom. The lowest BCUT2D eigenvalue weighted by atomic mass is 10.3. The molecule has 0 saturated carbocycles. The number of carbonyl (C=O) groups is 1. The van der Waals surface area contributed by atoms with E-state index in [4.69, 9.17) is 5.73 Å². The van der Waals surface area contributed by atoms with E-state index in [0.29, 0.717) is 24.5 Å².